The second-order valence-electron chi connectivity index (χ2n) is 7.97. The van der Waals surface area contributed by atoms with Crippen LogP contribution in [0.25, 0.3) is 22.3 Å². The molecule has 1 aliphatic rings. The van der Waals surface area contributed by atoms with E-state index in [0.29, 0.717) is 11.5 Å². The van der Waals surface area contributed by atoms with Crippen LogP contribution in [0.15, 0.2) is 55.0 Å². The van der Waals surface area contributed by atoms with Gasteiger partial charge in [0.25, 0.3) is 0 Å². The zero-order valence-electron chi connectivity index (χ0n) is 18.0. The molecule has 1 amide bonds. The van der Waals surface area contributed by atoms with Crippen molar-refractivity contribution in [2.24, 2.45) is 0 Å². The molecule has 0 spiro atoms. The SMILES string of the molecule is C[C@H](C(=O)Nc1ccnnc1)N(C)c1nc(-c2cc3ccccc3cn2)nc2c1CCC2. The molecule has 5 rings (SSSR count). The zero-order valence-corrected chi connectivity index (χ0v) is 18.0. The quantitative estimate of drug-likeness (QED) is 0.523. The van der Waals surface area contributed by atoms with Gasteiger partial charge in [0.15, 0.2) is 5.82 Å². The van der Waals surface area contributed by atoms with Crippen LogP contribution in [-0.2, 0) is 17.6 Å². The number of nitrogens with zero attached hydrogens (tertiary/aromatic N) is 6. The number of anilines is 2. The number of likely N-dealkylation sites (N-methyl/N-ethyl adjacent to an activating group) is 1. The number of amides is 1. The number of carbonyl (C=O) groups excluding carboxylic acids is 1. The summed E-state index contributed by atoms with van der Waals surface area (Å²) in [4.78, 5) is 29.1. The van der Waals surface area contributed by atoms with E-state index in [4.69, 9.17) is 9.97 Å². The Hall–Kier alpha value is -3.94. The molecule has 8 nitrogen and oxygen atoms in total. The molecular weight excluding hydrogens is 402 g/mol. The van der Waals surface area contributed by atoms with Crippen LogP contribution in [0.2, 0.25) is 0 Å². The molecule has 1 aromatic carbocycles. The van der Waals surface area contributed by atoms with Crippen LogP contribution in [-0.4, -0.2) is 44.1 Å². The lowest BCUT2D eigenvalue weighted by Gasteiger charge is -2.27. The predicted octanol–water partition coefficient (Wildman–Crippen LogP) is 3.43. The van der Waals surface area contributed by atoms with Crippen molar-refractivity contribution in [1.82, 2.24) is 25.1 Å². The Morgan fingerprint density at radius 1 is 1.06 bits per heavy atom. The topological polar surface area (TPSA) is 96.8 Å². The monoisotopic (exact) mass is 425 g/mol. The van der Waals surface area contributed by atoms with E-state index >= 15 is 0 Å². The van der Waals surface area contributed by atoms with Crippen molar-refractivity contribution >= 4 is 28.2 Å². The highest BCUT2D eigenvalue weighted by molar-refractivity contribution is 5.96. The minimum absolute atomic E-state index is 0.142. The molecule has 0 radical (unpaired) electrons. The number of pyridine rings is 1. The Labute approximate surface area is 185 Å². The smallest absolute Gasteiger partial charge is 0.246 e. The summed E-state index contributed by atoms with van der Waals surface area (Å²) in [5.74, 6) is 1.23. The van der Waals surface area contributed by atoms with Gasteiger partial charge in [0, 0.05) is 29.9 Å². The molecule has 0 fully saturated rings. The van der Waals surface area contributed by atoms with Crippen molar-refractivity contribution in [2.75, 3.05) is 17.3 Å². The third kappa shape index (κ3) is 3.75. The molecule has 160 valence electrons. The fraction of sp³-hybridized carbons (Fsp3) is 0.250. The first-order valence-electron chi connectivity index (χ1n) is 10.7. The fourth-order valence-electron chi connectivity index (χ4n) is 4.00. The van der Waals surface area contributed by atoms with Gasteiger partial charge in [-0.3, -0.25) is 9.78 Å². The van der Waals surface area contributed by atoms with E-state index in [2.05, 4.69) is 26.6 Å². The largest absolute Gasteiger partial charge is 0.348 e. The van der Waals surface area contributed by atoms with Crippen LogP contribution in [0.5, 0.6) is 0 Å². The summed E-state index contributed by atoms with van der Waals surface area (Å²) in [7, 11) is 1.90. The Bertz CT molecular complexity index is 1290. The Morgan fingerprint density at radius 2 is 1.91 bits per heavy atom. The number of aromatic nitrogens is 5. The Balaban J connectivity index is 1.49. The third-order valence-corrected chi connectivity index (χ3v) is 5.92. The van der Waals surface area contributed by atoms with Gasteiger partial charge in [0.1, 0.15) is 17.6 Å². The number of fused-ring (bicyclic) bond motifs is 2. The van der Waals surface area contributed by atoms with E-state index in [1.54, 1.807) is 12.3 Å². The number of nitrogens with one attached hydrogen (secondary N) is 1. The molecule has 0 unspecified atom stereocenters. The number of carbonyl (C=O) groups is 1. The van der Waals surface area contributed by atoms with E-state index in [0.717, 1.165) is 52.8 Å². The number of benzene rings is 1. The van der Waals surface area contributed by atoms with Crippen LogP contribution in [0.4, 0.5) is 11.5 Å². The maximum absolute atomic E-state index is 12.9. The van der Waals surface area contributed by atoms with Crippen LogP contribution >= 0.6 is 0 Å². The van der Waals surface area contributed by atoms with Gasteiger partial charge in [-0.05, 0) is 43.7 Å². The number of rotatable bonds is 5. The lowest BCUT2D eigenvalue weighted by molar-refractivity contribution is -0.117. The van der Waals surface area contributed by atoms with Crippen LogP contribution < -0.4 is 10.2 Å². The zero-order chi connectivity index (χ0) is 22.1. The van der Waals surface area contributed by atoms with E-state index in [1.807, 2.05) is 49.3 Å². The van der Waals surface area contributed by atoms with Gasteiger partial charge in [0.2, 0.25) is 5.91 Å². The minimum Gasteiger partial charge on any atom is -0.348 e. The molecule has 0 bridgehead atoms. The molecule has 1 N–H and O–H groups in total. The highest BCUT2D eigenvalue weighted by Gasteiger charge is 2.27. The lowest BCUT2D eigenvalue weighted by Crippen LogP contribution is -2.40. The summed E-state index contributed by atoms with van der Waals surface area (Å²) < 4.78 is 0. The van der Waals surface area contributed by atoms with Crippen molar-refractivity contribution in [1.29, 1.82) is 0 Å². The van der Waals surface area contributed by atoms with Crippen LogP contribution in [0.3, 0.4) is 0 Å². The molecule has 0 saturated heterocycles. The molecule has 3 heterocycles. The summed E-state index contributed by atoms with van der Waals surface area (Å²) >= 11 is 0. The van der Waals surface area contributed by atoms with Gasteiger partial charge in [-0.1, -0.05) is 24.3 Å². The summed E-state index contributed by atoms with van der Waals surface area (Å²) in [6, 6.07) is 11.4. The average molecular weight is 425 g/mol. The van der Waals surface area contributed by atoms with E-state index in [9.17, 15) is 4.79 Å². The Morgan fingerprint density at radius 3 is 2.72 bits per heavy atom. The summed E-state index contributed by atoms with van der Waals surface area (Å²) in [5, 5.41) is 12.6. The van der Waals surface area contributed by atoms with Crippen molar-refractivity contribution in [2.45, 2.75) is 32.2 Å². The minimum atomic E-state index is -0.444. The van der Waals surface area contributed by atoms with Gasteiger partial charge in [-0.25, -0.2) is 9.97 Å². The standard InChI is InChI=1S/C24H23N7O/c1-15(24(32)28-18-10-11-26-27-14-18)31(2)23-19-8-5-9-20(19)29-22(30-23)21-12-16-6-3-4-7-17(16)13-25-21/h3-4,6-7,10-15H,5,8-9H2,1-2H3,(H,26,28,32)/t15-/m1/s1. The second-order valence-corrected chi connectivity index (χ2v) is 7.97. The van der Waals surface area contributed by atoms with Crippen LogP contribution in [0.1, 0.15) is 24.6 Å². The predicted molar refractivity (Wildman–Crippen MR) is 123 cm³/mol. The molecule has 32 heavy (non-hydrogen) atoms. The molecule has 1 atom stereocenters. The van der Waals surface area contributed by atoms with Gasteiger partial charge < -0.3 is 10.2 Å². The van der Waals surface area contributed by atoms with E-state index in [-0.39, 0.29) is 5.91 Å². The van der Waals surface area contributed by atoms with Gasteiger partial charge in [0.05, 0.1) is 18.1 Å². The number of hydrogen-bond donors (Lipinski definition) is 1. The average Bonchev–Trinajstić information content (AvgIpc) is 3.31. The lowest BCUT2D eigenvalue weighted by atomic mass is 10.1. The van der Waals surface area contributed by atoms with Crippen LogP contribution in [0, 0.1) is 0 Å². The molecule has 3 aromatic heterocycles. The third-order valence-electron chi connectivity index (χ3n) is 5.92. The fourth-order valence-corrected chi connectivity index (χ4v) is 4.00. The molecule has 0 saturated carbocycles. The molecule has 1 aliphatic carbocycles. The highest BCUT2D eigenvalue weighted by Crippen LogP contribution is 2.32. The maximum Gasteiger partial charge on any atom is 0.246 e. The first kappa shape index (κ1) is 20.0. The number of hydrogen-bond acceptors (Lipinski definition) is 7. The normalized spacial score (nSPS) is 13.6. The molecule has 4 aromatic rings. The molecule has 0 aliphatic heterocycles. The Kier molecular flexibility index (Phi) is 5.18. The maximum atomic E-state index is 12.9. The van der Waals surface area contributed by atoms with Crippen molar-refractivity contribution < 1.29 is 4.79 Å². The van der Waals surface area contributed by atoms with Crippen molar-refractivity contribution in [3.05, 3.63) is 66.2 Å². The summed E-state index contributed by atoms with van der Waals surface area (Å²) in [6.45, 7) is 1.86. The van der Waals surface area contributed by atoms with Gasteiger partial charge in [-0.15, -0.1) is 0 Å². The van der Waals surface area contributed by atoms with Gasteiger partial charge >= 0.3 is 0 Å². The second kappa shape index (κ2) is 8.30. The highest BCUT2D eigenvalue weighted by atomic mass is 16.2. The summed E-state index contributed by atoms with van der Waals surface area (Å²) in [6.07, 6.45) is 7.76. The van der Waals surface area contributed by atoms with Gasteiger partial charge in [-0.2, -0.15) is 10.2 Å². The first-order valence-corrected chi connectivity index (χ1v) is 10.7. The molecule has 8 heteroatoms. The summed E-state index contributed by atoms with van der Waals surface area (Å²) in [5.41, 5.74) is 3.49. The van der Waals surface area contributed by atoms with Crippen molar-refractivity contribution in [3.63, 3.8) is 0 Å². The van der Waals surface area contributed by atoms with E-state index < -0.39 is 6.04 Å². The number of aryl methyl sites for hydroxylation is 1. The molecular formula is C24H23N7O. The van der Waals surface area contributed by atoms with E-state index in [1.165, 1.54) is 6.20 Å². The van der Waals surface area contributed by atoms with Crippen molar-refractivity contribution in [3.8, 4) is 11.5 Å². The first-order chi connectivity index (χ1) is 15.6.